The molecule has 6 nitrogen and oxygen atoms in total. The van der Waals surface area contributed by atoms with Crippen molar-refractivity contribution in [3.05, 3.63) is 40.6 Å². The van der Waals surface area contributed by atoms with Crippen molar-refractivity contribution in [1.29, 1.82) is 0 Å². The summed E-state index contributed by atoms with van der Waals surface area (Å²) in [5, 5.41) is 16.6. The maximum atomic E-state index is 13.1. The number of nitrogens with zero attached hydrogens (tertiary/aromatic N) is 4. The van der Waals surface area contributed by atoms with Crippen LogP contribution in [0.2, 0.25) is 0 Å². The van der Waals surface area contributed by atoms with Crippen LogP contribution in [0.5, 0.6) is 0 Å². The number of carbonyl (C=O) groups is 1. The van der Waals surface area contributed by atoms with E-state index in [9.17, 15) is 36.2 Å². The first-order valence-corrected chi connectivity index (χ1v) is 8.67. The molecule has 0 bridgehead atoms. The van der Waals surface area contributed by atoms with Crippen molar-refractivity contribution in [3.8, 4) is 0 Å². The standard InChI is InChI=1S/C17H16F6N4O2/c18-16(19,20)11-6-10(7-12(8-11)17(21,22)23)9-27-14(13(15(28)29)24-25-27)26-4-2-1-3-5-26/h6-8H,1-5,9H2,(H,28,29). The van der Waals surface area contributed by atoms with Gasteiger partial charge in [-0.05, 0) is 43.0 Å². The Hall–Kier alpha value is -2.79. The number of piperidine rings is 1. The van der Waals surface area contributed by atoms with Gasteiger partial charge in [0.15, 0.2) is 5.82 Å². The van der Waals surface area contributed by atoms with Gasteiger partial charge in [-0.3, -0.25) is 0 Å². The highest BCUT2D eigenvalue weighted by Crippen LogP contribution is 2.36. The molecule has 0 spiro atoms. The first-order chi connectivity index (χ1) is 13.5. The van der Waals surface area contributed by atoms with Gasteiger partial charge in [0.25, 0.3) is 0 Å². The minimum atomic E-state index is -4.97. The van der Waals surface area contributed by atoms with Gasteiger partial charge in [0, 0.05) is 13.1 Å². The van der Waals surface area contributed by atoms with Gasteiger partial charge in [-0.2, -0.15) is 26.3 Å². The minimum Gasteiger partial charge on any atom is -0.476 e. The Balaban J connectivity index is 2.04. The number of carboxylic acids is 1. The van der Waals surface area contributed by atoms with E-state index in [1.807, 2.05) is 0 Å². The predicted molar refractivity (Wildman–Crippen MR) is 88.6 cm³/mol. The molecule has 2 heterocycles. The fraction of sp³-hybridized carbons (Fsp3) is 0.471. The molecule has 0 saturated carbocycles. The second kappa shape index (κ2) is 7.56. The molecule has 1 saturated heterocycles. The van der Waals surface area contributed by atoms with Crippen molar-refractivity contribution in [3.63, 3.8) is 0 Å². The van der Waals surface area contributed by atoms with Gasteiger partial charge >= 0.3 is 18.3 Å². The number of rotatable bonds is 4. The van der Waals surface area contributed by atoms with Crippen molar-refractivity contribution in [1.82, 2.24) is 15.0 Å². The summed E-state index contributed by atoms with van der Waals surface area (Å²) in [5.74, 6) is -1.31. The van der Waals surface area contributed by atoms with Gasteiger partial charge in [-0.1, -0.05) is 5.21 Å². The average molecular weight is 422 g/mol. The van der Waals surface area contributed by atoms with Crippen LogP contribution in [0.1, 0.15) is 46.4 Å². The van der Waals surface area contributed by atoms with E-state index in [2.05, 4.69) is 10.3 Å². The first-order valence-electron chi connectivity index (χ1n) is 8.67. The van der Waals surface area contributed by atoms with Crippen LogP contribution in [0.25, 0.3) is 0 Å². The number of anilines is 1. The topological polar surface area (TPSA) is 71.2 Å². The maximum absolute atomic E-state index is 13.1. The van der Waals surface area contributed by atoms with Crippen LogP contribution < -0.4 is 4.90 Å². The van der Waals surface area contributed by atoms with Crippen molar-refractivity contribution in [2.24, 2.45) is 0 Å². The van der Waals surface area contributed by atoms with E-state index in [0.29, 0.717) is 25.2 Å². The number of aromatic carboxylic acids is 1. The molecule has 0 unspecified atom stereocenters. The lowest BCUT2D eigenvalue weighted by molar-refractivity contribution is -0.143. The highest BCUT2D eigenvalue weighted by Gasteiger charge is 2.37. The van der Waals surface area contributed by atoms with Gasteiger partial charge in [-0.15, -0.1) is 5.10 Å². The van der Waals surface area contributed by atoms with Crippen LogP contribution in [0.4, 0.5) is 32.2 Å². The van der Waals surface area contributed by atoms with Gasteiger partial charge in [-0.25, -0.2) is 9.48 Å². The summed E-state index contributed by atoms with van der Waals surface area (Å²) in [5.41, 5.74) is -3.59. The quantitative estimate of drug-likeness (QED) is 0.753. The number of halogens is 6. The van der Waals surface area contributed by atoms with Gasteiger partial charge in [0.1, 0.15) is 0 Å². The number of alkyl halides is 6. The van der Waals surface area contributed by atoms with Crippen molar-refractivity contribution >= 4 is 11.8 Å². The molecule has 1 aromatic heterocycles. The minimum absolute atomic E-state index is 0.0407. The number of aromatic nitrogens is 3. The number of hydrogen-bond donors (Lipinski definition) is 1. The number of benzene rings is 1. The summed E-state index contributed by atoms with van der Waals surface area (Å²) < 4.78 is 79.4. The van der Waals surface area contributed by atoms with E-state index in [4.69, 9.17) is 0 Å². The Morgan fingerprint density at radius 1 is 0.966 bits per heavy atom. The molecule has 2 aromatic rings. The van der Waals surface area contributed by atoms with E-state index >= 15 is 0 Å². The molecule has 1 N–H and O–H groups in total. The summed E-state index contributed by atoms with van der Waals surface area (Å²) in [6.45, 7) is 0.493. The lowest BCUT2D eigenvalue weighted by Gasteiger charge is -2.29. The van der Waals surface area contributed by atoms with E-state index in [-0.39, 0.29) is 17.4 Å². The Morgan fingerprint density at radius 2 is 1.52 bits per heavy atom. The Labute approximate surface area is 160 Å². The van der Waals surface area contributed by atoms with E-state index in [0.717, 1.165) is 23.9 Å². The van der Waals surface area contributed by atoms with Crippen LogP contribution in [-0.2, 0) is 18.9 Å². The molecule has 158 valence electrons. The van der Waals surface area contributed by atoms with Gasteiger partial charge in [0.2, 0.25) is 5.69 Å². The molecule has 0 atom stereocenters. The van der Waals surface area contributed by atoms with Crippen molar-refractivity contribution < 1.29 is 36.2 Å². The smallest absolute Gasteiger partial charge is 0.416 e. The highest BCUT2D eigenvalue weighted by atomic mass is 19.4. The lowest BCUT2D eigenvalue weighted by atomic mass is 10.0. The maximum Gasteiger partial charge on any atom is 0.416 e. The fourth-order valence-electron chi connectivity index (χ4n) is 3.26. The molecule has 0 amide bonds. The fourth-order valence-corrected chi connectivity index (χ4v) is 3.26. The molecular weight excluding hydrogens is 406 g/mol. The van der Waals surface area contributed by atoms with Crippen LogP contribution >= 0.6 is 0 Å². The molecule has 1 fully saturated rings. The lowest BCUT2D eigenvalue weighted by Crippen LogP contribution is -2.33. The van der Waals surface area contributed by atoms with Crippen molar-refractivity contribution in [2.75, 3.05) is 18.0 Å². The van der Waals surface area contributed by atoms with Crippen LogP contribution in [-0.4, -0.2) is 39.2 Å². The van der Waals surface area contributed by atoms with E-state index in [1.54, 1.807) is 4.90 Å². The summed E-state index contributed by atoms with van der Waals surface area (Å²) in [7, 11) is 0. The van der Waals surface area contributed by atoms with Crippen molar-refractivity contribution in [2.45, 2.75) is 38.2 Å². The third kappa shape index (κ3) is 4.62. The summed E-state index contributed by atoms with van der Waals surface area (Å²) >= 11 is 0. The number of carboxylic acid groups (broad SMARTS) is 1. The number of hydrogen-bond acceptors (Lipinski definition) is 4. The summed E-state index contributed by atoms with van der Waals surface area (Å²) in [4.78, 5) is 13.1. The van der Waals surface area contributed by atoms with Gasteiger partial charge < -0.3 is 10.0 Å². The third-order valence-corrected chi connectivity index (χ3v) is 4.55. The normalized spacial score (nSPS) is 15.6. The van der Waals surface area contributed by atoms with Crippen LogP contribution in [0.15, 0.2) is 18.2 Å². The predicted octanol–water partition coefficient (Wildman–Crippen LogP) is 4.05. The van der Waals surface area contributed by atoms with Crippen LogP contribution in [0, 0.1) is 0 Å². The van der Waals surface area contributed by atoms with Gasteiger partial charge in [0.05, 0.1) is 17.7 Å². The first kappa shape index (κ1) is 20.9. The largest absolute Gasteiger partial charge is 0.476 e. The summed E-state index contributed by atoms with van der Waals surface area (Å²) in [6, 6.07) is 1.23. The molecular formula is C17H16F6N4O2. The van der Waals surface area contributed by atoms with E-state index < -0.39 is 41.7 Å². The Kier molecular flexibility index (Phi) is 5.46. The van der Waals surface area contributed by atoms with Crippen LogP contribution in [0.3, 0.4) is 0 Å². The molecule has 29 heavy (non-hydrogen) atoms. The zero-order valence-electron chi connectivity index (χ0n) is 14.9. The molecule has 3 rings (SSSR count). The Bertz CT molecular complexity index is 868. The molecule has 1 aliphatic heterocycles. The zero-order valence-corrected chi connectivity index (χ0v) is 14.9. The third-order valence-electron chi connectivity index (χ3n) is 4.55. The molecule has 12 heteroatoms. The second-order valence-corrected chi connectivity index (χ2v) is 6.69. The zero-order chi connectivity index (χ0) is 21.4. The van der Waals surface area contributed by atoms with E-state index in [1.165, 1.54) is 0 Å². The highest BCUT2D eigenvalue weighted by molar-refractivity contribution is 5.91. The Morgan fingerprint density at radius 3 is 2.00 bits per heavy atom. The second-order valence-electron chi connectivity index (χ2n) is 6.69. The molecule has 0 aliphatic carbocycles. The summed E-state index contributed by atoms with van der Waals surface area (Å²) in [6.07, 6.45) is -7.47. The molecule has 1 aromatic carbocycles. The monoisotopic (exact) mass is 422 g/mol. The molecule has 1 aliphatic rings. The average Bonchev–Trinajstić information content (AvgIpc) is 3.04. The molecule has 0 radical (unpaired) electrons. The SMILES string of the molecule is O=C(O)c1nnn(Cc2cc(C(F)(F)F)cc(C(F)(F)F)c2)c1N1CCCCC1.